The first-order chi connectivity index (χ1) is 70.7. The number of nitrogens with one attached hydrogen (secondary N) is 4. The van der Waals surface area contributed by atoms with Gasteiger partial charge in [-0.15, -0.1) is 30.3 Å². The Morgan fingerprint density at radius 1 is 0.403 bits per heavy atom. The van der Waals surface area contributed by atoms with Crippen LogP contribution in [-0.2, 0) is 106 Å². The van der Waals surface area contributed by atoms with Crippen LogP contribution in [0.15, 0.2) is 240 Å². The van der Waals surface area contributed by atoms with Crippen molar-refractivity contribution in [2.45, 2.75) is 233 Å². The standard InChI is InChI=1S/C59H69N5O9S.C55H66N4O7S.2O3S/c1-7-9-35-63-47-27-25-43-18-13-15-20-45(43)54(47)58(5,6)49(63)29-23-41-37-40(22-28-48-57(3,4)53-44-19-14-12-17-42(44)24-26-46(53)62(48)34-8-2)38-59(39-41,56(69)61-33-36-74(70,71)72)55(68)60-32-16-10-11-21-52(67)73-64-50(65)30-31-51(64)66;1-7-9-33-59-45-27-25-41-18-13-15-20-43(41)50(45)54(5,6)47(59)29-23-39-35-38(22-28-46-53(3,4)49-42-19-14-12-17-40(42)24-26-44(49)58(46)32-8-2)36-55(37-39,52(63)57-31-34-67(64,65)66)51(62)56-30-16-10-11-21-48(60)61;2*1-4(2)3/h12-15,17-20,22-29,37H,7-11,16,21,30-36,38-39H2,1-6H3,(H2-,60,61,68,69,70,71,72);12-15,17-20,22-29,35H,7-11,16,21,30-34,36-37H2,1-6H3,(H3-,56,57,60,61,62,63,64,65,66);;/p+2. The summed E-state index contributed by atoms with van der Waals surface area (Å²) in [7, 11) is -15.1. The van der Waals surface area contributed by atoms with Crippen LogP contribution in [0.25, 0.3) is 43.1 Å². The monoisotopic (exact) mass is 2110 g/mol. The number of carbonyl (C=O) groups excluding carboxylic acids is 7. The number of hydrogen-bond acceptors (Lipinski definition) is 21. The maximum Gasteiger partial charge on any atom is 0.425 e. The second-order valence-corrected chi connectivity index (χ2v) is 44.9. The fourth-order valence-electron chi connectivity index (χ4n) is 22.0. The normalized spacial score (nSPS) is 19.4. The van der Waals surface area contributed by atoms with Gasteiger partial charge < -0.3 is 41.0 Å². The van der Waals surface area contributed by atoms with Gasteiger partial charge in [0.2, 0.25) is 35.0 Å². The molecule has 0 radical (unpaired) electrons. The number of imide groups is 1. The van der Waals surface area contributed by atoms with Crippen LogP contribution in [0.4, 0.5) is 22.7 Å². The number of unbranched alkanes of at least 4 members (excludes halogenated alkanes) is 6. The third kappa shape index (κ3) is 26.8. The lowest BCUT2D eigenvalue weighted by molar-refractivity contribution is -0.437. The summed E-state index contributed by atoms with van der Waals surface area (Å²) in [4.78, 5) is 117. The fourth-order valence-corrected chi connectivity index (χ4v) is 22.7. The van der Waals surface area contributed by atoms with E-state index in [2.05, 4.69) is 299 Å². The van der Waals surface area contributed by atoms with Crippen LogP contribution in [0.2, 0.25) is 0 Å². The summed E-state index contributed by atoms with van der Waals surface area (Å²) in [6.07, 6.45) is 29.4. The van der Waals surface area contributed by atoms with Crippen LogP contribution in [0.1, 0.15) is 234 Å². The molecule has 2 unspecified atom stereocenters. The van der Waals surface area contributed by atoms with Gasteiger partial charge in [0.05, 0.1) is 22.3 Å². The molecule has 1 fully saturated rings. The minimum absolute atomic E-state index is 0.00163. The highest BCUT2D eigenvalue weighted by molar-refractivity contribution is 7.86. The van der Waals surface area contributed by atoms with E-state index in [1.54, 1.807) is 0 Å². The van der Waals surface area contributed by atoms with Crippen molar-refractivity contribution in [2.24, 2.45) is 10.8 Å². The van der Waals surface area contributed by atoms with Crippen molar-refractivity contribution in [3.63, 3.8) is 0 Å². The number of aliphatic carboxylic acids is 1. The zero-order valence-corrected chi connectivity index (χ0v) is 90.1. The summed E-state index contributed by atoms with van der Waals surface area (Å²) in [5.41, 5.74) is 11.8. The van der Waals surface area contributed by atoms with Gasteiger partial charge in [0.25, 0.3) is 32.1 Å². The first-order valence-electron chi connectivity index (χ1n) is 51.1. The van der Waals surface area contributed by atoms with Crippen molar-refractivity contribution in [3.05, 3.63) is 262 Å². The molecule has 0 aromatic heterocycles. The summed E-state index contributed by atoms with van der Waals surface area (Å²) in [6.45, 7) is 29.4. The Morgan fingerprint density at radius 2 is 0.738 bits per heavy atom. The van der Waals surface area contributed by atoms with E-state index in [0.717, 1.165) is 138 Å². The van der Waals surface area contributed by atoms with Gasteiger partial charge in [-0.05, 0) is 205 Å². The van der Waals surface area contributed by atoms with Crippen LogP contribution >= 0.6 is 0 Å². The predicted octanol–water partition coefficient (Wildman–Crippen LogP) is 17.9. The zero-order chi connectivity index (χ0) is 108. The minimum Gasteiger partial charge on any atom is -0.481 e. The Bertz CT molecular complexity index is 7340. The summed E-state index contributed by atoms with van der Waals surface area (Å²) < 4.78 is 122. The van der Waals surface area contributed by atoms with E-state index in [9.17, 15) is 64.3 Å². The Morgan fingerprint density at radius 3 is 1.08 bits per heavy atom. The number of benzene rings is 8. The van der Waals surface area contributed by atoms with Crippen molar-refractivity contribution >= 4 is 166 Å². The summed E-state index contributed by atoms with van der Waals surface area (Å²) in [5, 5.41) is 30.5. The van der Waals surface area contributed by atoms with Gasteiger partial charge in [0.1, 0.15) is 23.9 Å². The second-order valence-electron chi connectivity index (χ2n) is 40.9. The van der Waals surface area contributed by atoms with E-state index in [1.807, 2.05) is 30.4 Å². The number of anilines is 2. The van der Waals surface area contributed by atoms with Crippen LogP contribution in [-0.4, -0.2) is 193 Å². The Kier molecular flexibility index (Phi) is 37.9. The first-order valence-corrected chi connectivity index (χ1v) is 56.3. The van der Waals surface area contributed by atoms with Crippen molar-refractivity contribution in [1.29, 1.82) is 0 Å². The molecule has 0 saturated carbocycles. The van der Waals surface area contributed by atoms with Gasteiger partial charge in [-0.25, -0.2) is 4.79 Å². The average molecular weight is 2110 g/mol. The van der Waals surface area contributed by atoms with E-state index >= 15 is 0 Å². The SMILES string of the molecule is CCCCN1C(=CC=C2C=C(C=CC3=[N+](CCC)c4ccc5ccccc5c4C3(C)C)CC(C(=O)NCCCCCC(=O)O)(C(=O)NCCS(=O)(=O)O)C2)C(C)(C)c2c1ccc1ccccc21.CCCCN1C(=CC=C2C=C(C=CC3=[N+](CCC)c4ccc5ccccc5c4C3(C)C)CC(C(=O)NCCCCCC(=O)ON3C(=O)CCC3=O)(C(=O)NCCS(=O)(=O)O)C2)C(C)(C)c2c1ccc1ccccc21.O=S(=O)=O.O=S(=O)=O. The van der Waals surface area contributed by atoms with Crippen LogP contribution in [0, 0.1) is 10.8 Å². The number of carboxylic acids is 1. The molecule has 5 aliphatic heterocycles. The highest BCUT2D eigenvalue weighted by Gasteiger charge is 2.53. The molecule has 6 amide bonds. The van der Waals surface area contributed by atoms with Crippen molar-refractivity contribution < 1.29 is 109 Å². The molecule has 5 heterocycles. The van der Waals surface area contributed by atoms with Gasteiger partial charge in [0, 0.05) is 147 Å². The fraction of sp³-hybridized carbons (Fsp3) is 0.421. The van der Waals surface area contributed by atoms with E-state index in [4.69, 9.17) is 35.2 Å². The van der Waals surface area contributed by atoms with Crippen molar-refractivity contribution in [3.8, 4) is 0 Å². The van der Waals surface area contributed by atoms with Gasteiger partial charge in [0.15, 0.2) is 11.4 Å². The highest BCUT2D eigenvalue weighted by atomic mass is 32.2. The molecule has 0 bridgehead atoms. The Balaban J connectivity index is 0.000000248. The Labute approximate surface area is 875 Å². The van der Waals surface area contributed by atoms with E-state index in [1.165, 1.54) is 60.3 Å². The maximum absolute atomic E-state index is 15.0. The molecule has 792 valence electrons. The molecule has 8 aromatic carbocycles. The largest absolute Gasteiger partial charge is 0.481 e. The molecule has 7 N–H and O–H groups in total. The number of hydroxylamine groups is 2. The molecule has 1 saturated heterocycles. The maximum atomic E-state index is 15.0. The summed E-state index contributed by atoms with van der Waals surface area (Å²) >= 11 is 0. The van der Waals surface area contributed by atoms with Gasteiger partial charge >= 0.3 is 33.2 Å². The number of rotatable bonds is 39. The quantitative estimate of drug-likeness (QED) is 0.00618. The van der Waals surface area contributed by atoms with E-state index in [-0.39, 0.29) is 71.0 Å². The lowest BCUT2D eigenvalue weighted by Gasteiger charge is -2.35. The number of carbonyl (C=O) groups is 8. The third-order valence-corrected chi connectivity index (χ3v) is 30.3. The molecule has 0 spiro atoms. The topological polar surface area (TPSA) is 441 Å². The van der Waals surface area contributed by atoms with Crippen molar-refractivity contribution in [1.82, 2.24) is 26.3 Å². The number of nitrogens with zero attached hydrogens (tertiary/aromatic N) is 5. The molecule has 7 aliphatic rings. The molecule has 2 aliphatic carbocycles. The molecule has 15 rings (SSSR count). The molecule has 2 atom stereocenters. The predicted molar refractivity (Wildman–Crippen MR) is 579 cm³/mol. The first kappa shape index (κ1) is 114. The molecule has 8 aromatic rings. The lowest BCUT2D eigenvalue weighted by atomic mass is 9.70. The second kappa shape index (κ2) is 49.4. The van der Waals surface area contributed by atoms with E-state index in [0.29, 0.717) is 43.6 Å². The lowest BCUT2D eigenvalue weighted by Crippen LogP contribution is -2.53. The van der Waals surface area contributed by atoms with E-state index < -0.39 is 139 Å². The summed E-state index contributed by atoms with van der Waals surface area (Å²) in [5.74, 6) is -6.48. The number of amides is 6. The van der Waals surface area contributed by atoms with Crippen LogP contribution in [0.5, 0.6) is 0 Å². The van der Waals surface area contributed by atoms with Crippen LogP contribution in [0.3, 0.4) is 0 Å². The number of hydrogen-bond donors (Lipinski definition) is 7. The Hall–Kier alpha value is -13.3. The molecule has 149 heavy (non-hydrogen) atoms. The smallest absolute Gasteiger partial charge is 0.425 e. The highest BCUT2D eigenvalue weighted by Crippen LogP contribution is 2.55. The number of allylic oxidation sites excluding steroid dienone is 16. The molecule has 35 heteroatoms. The van der Waals surface area contributed by atoms with Gasteiger partial charge in [-0.1, -0.05) is 227 Å². The van der Waals surface area contributed by atoms with Crippen LogP contribution < -0.4 is 31.1 Å². The summed E-state index contributed by atoms with van der Waals surface area (Å²) in [6, 6.07) is 51.2. The van der Waals surface area contributed by atoms with Gasteiger partial charge in [-0.2, -0.15) is 26.0 Å². The van der Waals surface area contributed by atoms with Gasteiger partial charge in [-0.3, -0.25) is 42.7 Å². The molecule has 31 nitrogen and oxygen atoms in total. The number of fused-ring (bicyclic) bond motifs is 12. The third-order valence-electron chi connectivity index (χ3n) is 28.9. The number of carboxylic acid groups (broad SMARTS) is 1. The molecular weight excluding hydrogens is 1980 g/mol. The zero-order valence-electron chi connectivity index (χ0n) is 86.8. The minimum atomic E-state index is -4.45. The average Bonchev–Trinajstić information content (AvgIpc) is 1.58. The van der Waals surface area contributed by atoms with Crippen molar-refractivity contribution in [2.75, 3.05) is 73.7 Å². The molecular formula is C114H137N9O22S4+2.